The Bertz CT molecular complexity index is 361. The third-order valence-corrected chi connectivity index (χ3v) is 3.38. The second-order valence-corrected chi connectivity index (χ2v) is 5.47. The molecule has 1 aromatic heterocycles. The predicted octanol–water partition coefficient (Wildman–Crippen LogP) is 2.58. The number of carbonyl (C=O) groups is 1. The molecular formula is C11H17NO2S2. The molecule has 3 nitrogen and oxygen atoms in total. The van der Waals surface area contributed by atoms with Crippen molar-refractivity contribution in [2.24, 2.45) is 0 Å². The number of nitrogens with one attached hydrogen (secondary N) is 1. The van der Waals surface area contributed by atoms with Gasteiger partial charge in [0.05, 0.1) is 10.5 Å². The van der Waals surface area contributed by atoms with E-state index in [4.69, 9.17) is 4.74 Å². The van der Waals surface area contributed by atoms with Gasteiger partial charge in [0.2, 0.25) is 0 Å². The van der Waals surface area contributed by atoms with Crippen LogP contribution in [-0.4, -0.2) is 24.7 Å². The maximum atomic E-state index is 11.7. The highest BCUT2D eigenvalue weighted by Crippen LogP contribution is 2.17. The molecule has 0 atom stereocenters. The number of hydrogen-bond acceptors (Lipinski definition) is 4. The highest BCUT2D eigenvalue weighted by atomic mass is 32.1. The van der Waals surface area contributed by atoms with E-state index in [1.54, 1.807) is 6.07 Å². The second kappa shape index (κ2) is 5.70. The summed E-state index contributed by atoms with van der Waals surface area (Å²) in [5.74, 6) is -0.0712. The first-order chi connectivity index (χ1) is 7.44. The van der Waals surface area contributed by atoms with Crippen molar-refractivity contribution in [3.8, 4) is 0 Å². The number of hydrogen-bond donors (Lipinski definition) is 2. The molecule has 0 unspecified atom stereocenters. The Morgan fingerprint density at radius 3 is 2.81 bits per heavy atom. The highest BCUT2D eigenvalue weighted by molar-refractivity contribution is 7.80. The van der Waals surface area contributed by atoms with Gasteiger partial charge in [0, 0.05) is 23.4 Å². The van der Waals surface area contributed by atoms with E-state index in [-0.39, 0.29) is 11.5 Å². The smallest absolute Gasteiger partial charge is 0.261 e. The highest BCUT2D eigenvalue weighted by Gasteiger charge is 2.19. The average molecular weight is 259 g/mol. The van der Waals surface area contributed by atoms with Crippen LogP contribution in [0.5, 0.6) is 0 Å². The van der Waals surface area contributed by atoms with E-state index in [9.17, 15) is 4.79 Å². The van der Waals surface area contributed by atoms with E-state index >= 15 is 0 Å². The summed E-state index contributed by atoms with van der Waals surface area (Å²) in [6.45, 7) is 6.99. The lowest BCUT2D eigenvalue weighted by Gasteiger charge is -2.24. The maximum Gasteiger partial charge on any atom is 0.261 e. The average Bonchev–Trinajstić information content (AvgIpc) is 2.61. The lowest BCUT2D eigenvalue weighted by atomic mass is 10.1. The van der Waals surface area contributed by atoms with Crippen molar-refractivity contribution in [2.75, 3.05) is 13.2 Å². The molecule has 1 heterocycles. The van der Waals surface area contributed by atoms with Crippen molar-refractivity contribution in [2.45, 2.75) is 31.3 Å². The van der Waals surface area contributed by atoms with Crippen molar-refractivity contribution in [3.63, 3.8) is 0 Å². The van der Waals surface area contributed by atoms with Gasteiger partial charge in [0.1, 0.15) is 0 Å². The minimum atomic E-state index is -0.328. The third-order valence-electron chi connectivity index (χ3n) is 2.02. The first-order valence-electron chi connectivity index (χ1n) is 5.14. The van der Waals surface area contributed by atoms with Crippen LogP contribution in [0.1, 0.15) is 30.4 Å². The third kappa shape index (κ3) is 4.15. The molecular weight excluding hydrogens is 242 g/mol. The molecule has 0 fully saturated rings. The molecule has 0 radical (unpaired) electrons. The molecule has 0 aliphatic carbocycles. The molecule has 5 heteroatoms. The molecule has 0 saturated heterocycles. The summed E-state index contributed by atoms with van der Waals surface area (Å²) in [4.78, 5) is 13.2. The minimum absolute atomic E-state index is 0.0712. The molecule has 0 bridgehead atoms. The van der Waals surface area contributed by atoms with E-state index in [2.05, 4.69) is 17.9 Å². The molecule has 90 valence electrons. The van der Waals surface area contributed by atoms with Crippen LogP contribution in [0.25, 0.3) is 0 Å². The molecule has 0 aliphatic heterocycles. The fourth-order valence-corrected chi connectivity index (χ4v) is 2.33. The summed E-state index contributed by atoms with van der Waals surface area (Å²) >= 11 is 5.56. The summed E-state index contributed by atoms with van der Waals surface area (Å²) in [6.07, 6.45) is 0. The van der Waals surface area contributed by atoms with Crippen LogP contribution in [0.15, 0.2) is 16.3 Å². The van der Waals surface area contributed by atoms with Gasteiger partial charge in [-0.15, -0.1) is 24.0 Å². The predicted molar refractivity (Wildman–Crippen MR) is 69.6 cm³/mol. The van der Waals surface area contributed by atoms with Gasteiger partial charge in [0.15, 0.2) is 0 Å². The standard InChI is InChI=1S/C11H17NO2S2/c1-4-14-11(2,3)7-12-10(13)9-5-8(15)6-16-9/h5-6,15H,4,7H2,1-3H3,(H,12,13). The van der Waals surface area contributed by atoms with Crippen LogP contribution in [-0.2, 0) is 4.74 Å². The minimum Gasteiger partial charge on any atom is -0.374 e. The Morgan fingerprint density at radius 1 is 1.62 bits per heavy atom. The van der Waals surface area contributed by atoms with Crippen LogP contribution >= 0.6 is 24.0 Å². The van der Waals surface area contributed by atoms with Gasteiger partial charge in [-0.3, -0.25) is 4.79 Å². The lowest BCUT2D eigenvalue weighted by Crippen LogP contribution is -2.40. The Hall–Kier alpha value is -0.520. The number of amides is 1. The van der Waals surface area contributed by atoms with Crippen LogP contribution < -0.4 is 5.32 Å². The summed E-state index contributed by atoms with van der Waals surface area (Å²) < 4.78 is 5.49. The van der Waals surface area contributed by atoms with Gasteiger partial charge in [-0.2, -0.15) is 0 Å². The second-order valence-electron chi connectivity index (χ2n) is 4.04. The summed E-state index contributed by atoms with van der Waals surface area (Å²) in [7, 11) is 0. The molecule has 1 aromatic rings. The number of thiol groups is 1. The van der Waals surface area contributed by atoms with Crippen LogP contribution in [0.3, 0.4) is 0 Å². The lowest BCUT2D eigenvalue weighted by molar-refractivity contribution is -0.00812. The Morgan fingerprint density at radius 2 is 2.31 bits per heavy atom. The van der Waals surface area contributed by atoms with Gasteiger partial charge >= 0.3 is 0 Å². The van der Waals surface area contributed by atoms with E-state index in [0.717, 1.165) is 4.90 Å². The number of carbonyl (C=O) groups excluding carboxylic acids is 1. The maximum absolute atomic E-state index is 11.7. The largest absolute Gasteiger partial charge is 0.374 e. The van der Waals surface area contributed by atoms with Crippen molar-refractivity contribution in [1.82, 2.24) is 5.32 Å². The zero-order valence-corrected chi connectivity index (χ0v) is 11.5. The molecule has 1 amide bonds. The van der Waals surface area contributed by atoms with Gasteiger partial charge in [-0.25, -0.2) is 0 Å². The molecule has 0 saturated carbocycles. The molecule has 0 aliphatic rings. The summed E-state index contributed by atoms with van der Waals surface area (Å²) in [5, 5.41) is 4.69. The number of rotatable bonds is 5. The topological polar surface area (TPSA) is 38.3 Å². The normalized spacial score (nSPS) is 11.5. The Balaban J connectivity index is 2.47. The van der Waals surface area contributed by atoms with Crippen molar-refractivity contribution in [3.05, 3.63) is 16.3 Å². The molecule has 1 N–H and O–H groups in total. The van der Waals surface area contributed by atoms with Crippen molar-refractivity contribution < 1.29 is 9.53 Å². The van der Waals surface area contributed by atoms with E-state index in [0.29, 0.717) is 18.0 Å². The SMILES string of the molecule is CCOC(C)(C)CNC(=O)c1cc(S)cs1. The molecule has 0 spiro atoms. The molecule has 1 rings (SSSR count). The van der Waals surface area contributed by atoms with Crippen LogP contribution in [0.2, 0.25) is 0 Å². The summed E-state index contributed by atoms with van der Waals surface area (Å²) in [5.41, 5.74) is -0.328. The van der Waals surface area contributed by atoms with Gasteiger partial charge in [-0.05, 0) is 26.8 Å². The van der Waals surface area contributed by atoms with E-state index < -0.39 is 0 Å². The van der Waals surface area contributed by atoms with Crippen molar-refractivity contribution in [1.29, 1.82) is 0 Å². The van der Waals surface area contributed by atoms with Crippen LogP contribution in [0, 0.1) is 0 Å². The van der Waals surface area contributed by atoms with Gasteiger partial charge in [-0.1, -0.05) is 0 Å². The monoisotopic (exact) mass is 259 g/mol. The van der Waals surface area contributed by atoms with Crippen LogP contribution in [0.4, 0.5) is 0 Å². The fourth-order valence-electron chi connectivity index (χ4n) is 1.27. The Kier molecular flexibility index (Phi) is 4.83. The number of ether oxygens (including phenoxy) is 1. The van der Waals surface area contributed by atoms with Gasteiger partial charge in [0.25, 0.3) is 5.91 Å². The van der Waals surface area contributed by atoms with E-state index in [1.165, 1.54) is 11.3 Å². The number of thiophene rings is 1. The first-order valence-corrected chi connectivity index (χ1v) is 6.47. The summed E-state index contributed by atoms with van der Waals surface area (Å²) in [6, 6.07) is 1.76. The van der Waals surface area contributed by atoms with Gasteiger partial charge < -0.3 is 10.1 Å². The fraction of sp³-hybridized carbons (Fsp3) is 0.545. The zero-order chi connectivity index (χ0) is 12.2. The Labute approximate surface area is 106 Å². The quantitative estimate of drug-likeness (QED) is 0.798. The molecule has 0 aromatic carbocycles. The van der Waals surface area contributed by atoms with E-state index in [1.807, 2.05) is 26.2 Å². The van der Waals surface area contributed by atoms with Crippen molar-refractivity contribution >= 4 is 29.9 Å². The first kappa shape index (κ1) is 13.5. The molecule has 16 heavy (non-hydrogen) atoms. The zero-order valence-electron chi connectivity index (χ0n) is 9.74.